The van der Waals surface area contributed by atoms with Crippen LogP contribution in [-0.4, -0.2) is 17.2 Å². The predicted molar refractivity (Wildman–Crippen MR) is 63.0 cm³/mol. The molecule has 0 radical (unpaired) electrons. The molecule has 0 spiro atoms. The average Bonchev–Trinajstić information content (AvgIpc) is 2.19. The second-order valence-corrected chi connectivity index (χ2v) is 4.25. The number of carbonyl (C=O) groups is 1. The first-order chi connectivity index (χ1) is 7.41. The van der Waals surface area contributed by atoms with Crippen molar-refractivity contribution in [1.29, 1.82) is 0 Å². The molecule has 0 fully saturated rings. The summed E-state index contributed by atoms with van der Waals surface area (Å²) in [5.41, 5.74) is 1.78. The standard InChI is InChI=1S/C13H18O3/c1-8(2)16-12-6-5-11(7-9(12)3)10(4)13(14)15/h5-8,10H,1-4H3,(H,14,15). The smallest absolute Gasteiger partial charge is 0.310 e. The Hall–Kier alpha value is -1.51. The highest BCUT2D eigenvalue weighted by Crippen LogP contribution is 2.24. The van der Waals surface area contributed by atoms with Crippen molar-refractivity contribution in [2.24, 2.45) is 0 Å². The van der Waals surface area contributed by atoms with Crippen LogP contribution in [0.5, 0.6) is 5.75 Å². The Morgan fingerprint density at radius 2 is 1.94 bits per heavy atom. The normalized spacial score (nSPS) is 12.6. The molecule has 0 aliphatic heterocycles. The number of aliphatic carboxylic acids is 1. The molecule has 1 rings (SSSR count). The Morgan fingerprint density at radius 1 is 1.31 bits per heavy atom. The number of carboxylic acid groups (broad SMARTS) is 1. The molecule has 0 saturated carbocycles. The van der Waals surface area contributed by atoms with E-state index in [9.17, 15) is 4.79 Å². The Kier molecular flexibility index (Phi) is 3.93. The lowest BCUT2D eigenvalue weighted by Gasteiger charge is -2.14. The second-order valence-electron chi connectivity index (χ2n) is 4.25. The Morgan fingerprint density at radius 3 is 2.38 bits per heavy atom. The van der Waals surface area contributed by atoms with Crippen LogP contribution in [0, 0.1) is 6.92 Å². The SMILES string of the molecule is Cc1cc(C(C)C(=O)O)ccc1OC(C)C. The van der Waals surface area contributed by atoms with Crippen molar-refractivity contribution in [3.05, 3.63) is 29.3 Å². The summed E-state index contributed by atoms with van der Waals surface area (Å²) in [7, 11) is 0. The third kappa shape index (κ3) is 2.99. The fraction of sp³-hybridized carbons (Fsp3) is 0.462. The molecule has 0 amide bonds. The van der Waals surface area contributed by atoms with Crippen LogP contribution in [-0.2, 0) is 4.79 Å². The van der Waals surface area contributed by atoms with Gasteiger partial charge in [0.2, 0.25) is 0 Å². The molecule has 0 aromatic heterocycles. The highest BCUT2D eigenvalue weighted by Gasteiger charge is 2.14. The topological polar surface area (TPSA) is 46.5 Å². The summed E-state index contributed by atoms with van der Waals surface area (Å²) in [6.45, 7) is 7.54. The van der Waals surface area contributed by atoms with Crippen molar-refractivity contribution in [3.8, 4) is 5.75 Å². The molecule has 1 unspecified atom stereocenters. The van der Waals surface area contributed by atoms with E-state index in [0.717, 1.165) is 16.9 Å². The average molecular weight is 222 g/mol. The maximum atomic E-state index is 10.8. The van der Waals surface area contributed by atoms with Crippen LogP contribution >= 0.6 is 0 Å². The number of hydrogen-bond acceptors (Lipinski definition) is 2. The number of hydrogen-bond donors (Lipinski definition) is 1. The minimum absolute atomic E-state index is 0.126. The molecule has 0 heterocycles. The zero-order valence-electron chi connectivity index (χ0n) is 10.2. The van der Waals surface area contributed by atoms with Gasteiger partial charge in [0.1, 0.15) is 5.75 Å². The summed E-state index contributed by atoms with van der Waals surface area (Å²) < 4.78 is 5.59. The summed E-state index contributed by atoms with van der Waals surface area (Å²) in [6.07, 6.45) is 0.126. The van der Waals surface area contributed by atoms with Crippen LogP contribution < -0.4 is 4.74 Å². The number of aryl methyl sites for hydroxylation is 1. The summed E-state index contributed by atoms with van der Waals surface area (Å²) >= 11 is 0. The van der Waals surface area contributed by atoms with Crippen molar-refractivity contribution < 1.29 is 14.6 Å². The first-order valence-electron chi connectivity index (χ1n) is 5.41. The van der Waals surface area contributed by atoms with Crippen LogP contribution in [0.15, 0.2) is 18.2 Å². The lowest BCUT2D eigenvalue weighted by atomic mass is 9.99. The van der Waals surface area contributed by atoms with Gasteiger partial charge in [-0.2, -0.15) is 0 Å². The molecule has 1 atom stereocenters. The fourth-order valence-electron chi connectivity index (χ4n) is 1.47. The summed E-state index contributed by atoms with van der Waals surface area (Å²) in [5, 5.41) is 8.91. The molecule has 3 nitrogen and oxygen atoms in total. The van der Waals surface area contributed by atoms with Crippen molar-refractivity contribution in [1.82, 2.24) is 0 Å². The summed E-state index contributed by atoms with van der Waals surface area (Å²) in [6, 6.07) is 5.52. The zero-order chi connectivity index (χ0) is 12.3. The third-order valence-corrected chi connectivity index (χ3v) is 2.43. The van der Waals surface area contributed by atoms with Gasteiger partial charge < -0.3 is 9.84 Å². The molecule has 1 aromatic rings. The van der Waals surface area contributed by atoms with E-state index < -0.39 is 11.9 Å². The maximum Gasteiger partial charge on any atom is 0.310 e. The van der Waals surface area contributed by atoms with Gasteiger partial charge in [0.05, 0.1) is 12.0 Å². The Bertz CT molecular complexity index is 383. The van der Waals surface area contributed by atoms with E-state index in [0.29, 0.717) is 0 Å². The van der Waals surface area contributed by atoms with E-state index >= 15 is 0 Å². The molecule has 3 heteroatoms. The number of rotatable bonds is 4. The molecule has 0 aliphatic rings. The number of carboxylic acids is 1. The number of ether oxygens (including phenoxy) is 1. The highest BCUT2D eigenvalue weighted by molar-refractivity contribution is 5.75. The van der Waals surface area contributed by atoms with Crippen LogP contribution in [0.1, 0.15) is 37.8 Å². The van der Waals surface area contributed by atoms with Gasteiger partial charge in [-0.3, -0.25) is 4.79 Å². The molecule has 16 heavy (non-hydrogen) atoms. The van der Waals surface area contributed by atoms with Gasteiger partial charge in [0, 0.05) is 0 Å². The van der Waals surface area contributed by atoms with E-state index in [-0.39, 0.29) is 6.10 Å². The lowest BCUT2D eigenvalue weighted by molar-refractivity contribution is -0.138. The largest absolute Gasteiger partial charge is 0.491 e. The summed E-state index contributed by atoms with van der Waals surface area (Å²) in [5.74, 6) is -0.472. The van der Waals surface area contributed by atoms with Crippen molar-refractivity contribution in [2.45, 2.75) is 39.7 Å². The molecule has 1 aromatic carbocycles. The van der Waals surface area contributed by atoms with Gasteiger partial charge >= 0.3 is 5.97 Å². The van der Waals surface area contributed by atoms with E-state index in [2.05, 4.69) is 0 Å². The van der Waals surface area contributed by atoms with E-state index in [4.69, 9.17) is 9.84 Å². The first kappa shape index (κ1) is 12.6. The Balaban J connectivity index is 2.95. The third-order valence-electron chi connectivity index (χ3n) is 2.43. The van der Waals surface area contributed by atoms with Crippen molar-refractivity contribution >= 4 is 5.97 Å². The predicted octanol–water partition coefficient (Wildman–Crippen LogP) is 2.97. The summed E-state index contributed by atoms with van der Waals surface area (Å²) in [4.78, 5) is 10.8. The highest BCUT2D eigenvalue weighted by atomic mass is 16.5. The van der Waals surface area contributed by atoms with Gasteiger partial charge in [0.15, 0.2) is 0 Å². The van der Waals surface area contributed by atoms with Gasteiger partial charge in [-0.1, -0.05) is 12.1 Å². The fourth-order valence-corrected chi connectivity index (χ4v) is 1.47. The quantitative estimate of drug-likeness (QED) is 0.851. The maximum absolute atomic E-state index is 10.8. The molecule has 0 bridgehead atoms. The van der Waals surface area contributed by atoms with Gasteiger partial charge in [0.25, 0.3) is 0 Å². The van der Waals surface area contributed by atoms with Crippen LogP contribution in [0.2, 0.25) is 0 Å². The van der Waals surface area contributed by atoms with Crippen LogP contribution in [0.4, 0.5) is 0 Å². The van der Waals surface area contributed by atoms with E-state index in [1.165, 1.54) is 0 Å². The molecule has 0 saturated heterocycles. The van der Waals surface area contributed by atoms with Gasteiger partial charge in [-0.25, -0.2) is 0 Å². The number of benzene rings is 1. The zero-order valence-corrected chi connectivity index (χ0v) is 10.2. The lowest BCUT2D eigenvalue weighted by Crippen LogP contribution is -2.09. The molecule has 88 valence electrons. The van der Waals surface area contributed by atoms with E-state index in [1.54, 1.807) is 6.92 Å². The van der Waals surface area contributed by atoms with Gasteiger partial charge in [-0.05, 0) is 44.9 Å². The van der Waals surface area contributed by atoms with E-state index in [1.807, 2.05) is 39.0 Å². The van der Waals surface area contributed by atoms with Crippen molar-refractivity contribution in [3.63, 3.8) is 0 Å². The van der Waals surface area contributed by atoms with Gasteiger partial charge in [-0.15, -0.1) is 0 Å². The minimum atomic E-state index is -0.808. The molecule has 1 N–H and O–H groups in total. The Labute approximate surface area is 96.1 Å². The molecular weight excluding hydrogens is 204 g/mol. The minimum Gasteiger partial charge on any atom is -0.491 e. The van der Waals surface area contributed by atoms with Crippen LogP contribution in [0.3, 0.4) is 0 Å². The second kappa shape index (κ2) is 5.01. The molecule has 0 aliphatic carbocycles. The van der Waals surface area contributed by atoms with Crippen LogP contribution in [0.25, 0.3) is 0 Å². The molecular formula is C13H18O3. The first-order valence-corrected chi connectivity index (χ1v) is 5.41. The van der Waals surface area contributed by atoms with Crippen molar-refractivity contribution in [2.75, 3.05) is 0 Å². The monoisotopic (exact) mass is 222 g/mol.